The summed E-state index contributed by atoms with van der Waals surface area (Å²) in [5, 5.41) is 0. The highest BCUT2D eigenvalue weighted by Crippen LogP contribution is 2.09. The number of hydrogen-bond acceptors (Lipinski definition) is 1. The molecule has 1 nitrogen and oxygen atoms in total. The quantitative estimate of drug-likeness (QED) is 0.644. The van der Waals surface area contributed by atoms with E-state index in [1.807, 2.05) is 6.08 Å². The minimum atomic E-state index is 0.565. The van der Waals surface area contributed by atoms with Crippen molar-refractivity contribution in [3.8, 4) is 0 Å². The summed E-state index contributed by atoms with van der Waals surface area (Å²) in [7, 11) is 4.24. The van der Waals surface area contributed by atoms with Crippen LogP contribution in [0.15, 0.2) is 43.0 Å². The lowest BCUT2D eigenvalue weighted by molar-refractivity contribution is 0.293. The molecule has 1 aromatic rings. The van der Waals surface area contributed by atoms with Gasteiger partial charge in [0, 0.05) is 6.04 Å². The Balaban J connectivity index is 2.60. The van der Waals surface area contributed by atoms with Crippen LogP contribution in [0.2, 0.25) is 0 Å². The molecule has 0 N–H and O–H groups in total. The predicted octanol–water partition coefficient (Wildman–Crippen LogP) is 2.74. The van der Waals surface area contributed by atoms with Gasteiger partial charge in [0.2, 0.25) is 0 Å². The molecule has 0 saturated heterocycles. The summed E-state index contributed by atoms with van der Waals surface area (Å²) in [6, 6.07) is 11.2. The number of benzene rings is 1. The largest absolute Gasteiger partial charge is 0.306 e. The fraction of sp³-hybridized carbons (Fsp3) is 0.385. The molecule has 0 heterocycles. The van der Waals surface area contributed by atoms with Crippen LogP contribution in [-0.2, 0) is 6.42 Å². The molecule has 0 unspecified atom stereocenters. The van der Waals surface area contributed by atoms with Gasteiger partial charge >= 0.3 is 0 Å². The smallest absolute Gasteiger partial charge is 0.0164 e. The molecule has 14 heavy (non-hydrogen) atoms. The van der Waals surface area contributed by atoms with E-state index in [1.165, 1.54) is 5.56 Å². The molecule has 1 heteroatoms. The van der Waals surface area contributed by atoms with Crippen molar-refractivity contribution in [1.29, 1.82) is 0 Å². The molecule has 0 aliphatic rings. The summed E-state index contributed by atoms with van der Waals surface area (Å²) < 4.78 is 0. The average Bonchev–Trinajstić information content (AvgIpc) is 2.18. The van der Waals surface area contributed by atoms with Crippen LogP contribution in [-0.4, -0.2) is 25.0 Å². The third-order valence-corrected chi connectivity index (χ3v) is 2.48. The van der Waals surface area contributed by atoms with Crippen LogP contribution in [0, 0.1) is 0 Å². The lowest BCUT2D eigenvalue weighted by atomic mass is 10.0. The van der Waals surface area contributed by atoms with Gasteiger partial charge < -0.3 is 4.90 Å². The lowest BCUT2D eigenvalue weighted by Gasteiger charge is -2.23. The highest BCUT2D eigenvalue weighted by atomic mass is 15.1. The van der Waals surface area contributed by atoms with Gasteiger partial charge in [0.1, 0.15) is 0 Å². The Labute approximate surface area is 87.1 Å². The first-order chi connectivity index (χ1) is 6.74. The van der Waals surface area contributed by atoms with Gasteiger partial charge in [-0.3, -0.25) is 0 Å². The van der Waals surface area contributed by atoms with Crippen LogP contribution in [0.4, 0.5) is 0 Å². The Morgan fingerprint density at radius 3 is 2.43 bits per heavy atom. The molecule has 76 valence electrons. The zero-order valence-electron chi connectivity index (χ0n) is 9.11. The molecule has 0 fully saturated rings. The number of rotatable bonds is 5. The summed E-state index contributed by atoms with van der Waals surface area (Å²) in [5.74, 6) is 0. The lowest BCUT2D eigenvalue weighted by Crippen LogP contribution is -2.29. The van der Waals surface area contributed by atoms with Crippen LogP contribution in [0.25, 0.3) is 0 Å². The van der Waals surface area contributed by atoms with Crippen molar-refractivity contribution in [2.24, 2.45) is 0 Å². The molecule has 0 spiro atoms. The van der Waals surface area contributed by atoms with Crippen LogP contribution in [0.3, 0.4) is 0 Å². The molecule has 0 radical (unpaired) electrons. The molecule has 0 bridgehead atoms. The van der Waals surface area contributed by atoms with E-state index < -0.39 is 0 Å². The Hall–Kier alpha value is -1.08. The van der Waals surface area contributed by atoms with Crippen molar-refractivity contribution in [2.45, 2.75) is 18.9 Å². The van der Waals surface area contributed by atoms with Gasteiger partial charge in [-0.2, -0.15) is 0 Å². The Morgan fingerprint density at radius 1 is 1.29 bits per heavy atom. The van der Waals surface area contributed by atoms with Gasteiger partial charge in [0.25, 0.3) is 0 Å². The minimum Gasteiger partial charge on any atom is -0.306 e. The van der Waals surface area contributed by atoms with Gasteiger partial charge in [0.05, 0.1) is 0 Å². The molecule has 0 saturated carbocycles. The SMILES string of the molecule is C=CC[C@@H](Cc1ccccc1)N(C)C. The third kappa shape index (κ3) is 3.35. The number of likely N-dealkylation sites (N-methyl/N-ethyl adjacent to an activating group) is 1. The molecule has 0 aliphatic heterocycles. The Morgan fingerprint density at radius 2 is 1.93 bits per heavy atom. The summed E-state index contributed by atoms with van der Waals surface area (Å²) >= 11 is 0. The predicted molar refractivity (Wildman–Crippen MR) is 62.4 cm³/mol. The highest BCUT2D eigenvalue weighted by molar-refractivity contribution is 5.16. The zero-order valence-corrected chi connectivity index (χ0v) is 9.11. The molecule has 1 atom stereocenters. The minimum absolute atomic E-state index is 0.565. The van der Waals surface area contributed by atoms with Gasteiger partial charge in [-0.05, 0) is 32.5 Å². The van der Waals surface area contributed by atoms with E-state index in [-0.39, 0.29) is 0 Å². The number of hydrogen-bond donors (Lipinski definition) is 0. The summed E-state index contributed by atoms with van der Waals surface area (Å²) in [5.41, 5.74) is 1.40. The summed E-state index contributed by atoms with van der Waals surface area (Å²) in [6.45, 7) is 3.80. The maximum absolute atomic E-state index is 3.80. The van der Waals surface area contributed by atoms with Crippen molar-refractivity contribution in [3.05, 3.63) is 48.6 Å². The topological polar surface area (TPSA) is 3.24 Å². The first kappa shape index (κ1) is 11.0. The maximum Gasteiger partial charge on any atom is 0.0164 e. The molecular formula is C13H19N. The van der Waals surface area contributed by atoms with Crippen LogP contribution >= 0.6 is 0 Å². The third-order valence-electron chi connectivity index (χ3n) is 2.48. The van der Waals surface area contributed by atoms with Crippen LogP contribution in [0.1, 0.15) is 12.0 Å². The van der Waals surface area contributed by atoms with E-state index >= 15 is 0 Å². The van der Waals surface area contributed by atoms with E-state index in [9.17, 15) is 0 Å². The first-order valence-electron chi connectivity index (χ1n) is 5.05. The summed E-state index contributed by atoms with van der Waals surface area (Å²) in [6.07, 6.45) is 4.13. The van der Waals surface area contributed by atoms with Gasteiger partial charge in [0.15, 0.2) is 0 Å². The second kappa shape index (κ2) is 5.61. The van der Waals surface area contributed by atoms with Gasteiger partial charge in [-0.15, -0.1) is 6.58 Å². The van der Waals surface area contributed by atoms with E-state index in [1.54, 1.807) is 0 Å². The first-order valence-corrected chi connectivity index (χ1v) is 5.05. The Bertz CT molecular complexity index is 264. The monoisotopic (exact) mass is 189 g/mol. The van der Waals surface area contributed by atoms with Crippen molar-refractivity contribution in [2.75, 3.05) is 14.1 Å². The average molecular weight is 189 g/mol. The van der Waals surface area contributed by atoms with Crippen LogP contribution < -0.4 is 0 Å². The van der Waals surface area contributed by atoms with E-state index in [0.717, 1.165) is 12.8 Å². The van der Waals surface area contributed by atoms with E-state index in [2.05, 4.69) is 55.9 Å². The second-order valence-corrected chi connectivity index (χ2v) is 3.83. The highest BCUT2D eigenvalue weighted by Gasteiger charge is 2.09. The number of nitrogens with zero attached hydrogens (tertiary/aromatic N) is 1. The van der Waals surface area contributed by atoms with Crippen molar-refractivity contribution < 1.29 is 0 Å². The van der Waals surface area contributed by atoms with Gasteiger partial charge in [-0.1, -0.05) is 36.4 Å². The fourth-order valence-corrected chi connectivity index (χ4v) is 1.56. The van der Waals surface area contributed by atoms with Crippen LogP contribution in [0.5, 0.6) is 0 Å². The van der Waals surface area contributed by atoms with Gasteiger partial charge in [-0.25, -0.2) is 0 Å². The zero-order chi connectivity index (χ0) is 10.4. The molecule has 0 aliphatic carbocycles. The molecular weight excluding hydrogens is 170 g/mol. The molecule has 1 rings (SSSR count). The Kier molecular flexibility index (Phi) is 4.41. The molecule has 0 amide bonds. The fourth-order valence-electron chi connectivity index (χ4n) is 1.56. The van der Waals surface area contributed by atoms with E-state index in [0.29, 0.717) is 6.04 Å². The summed E-state index contributed by atoms with van der Waals surface area (Å²) in [4.78, 5) is 2.26. The molecule has 0 aromatic heterocycles. The second-order valence-electron chi connectivity index (χ2n) is 3.83. The standard InChI is InChI=1S/C13H19N/c1-4-8-13(14(2)3)11-12-9-6-5-7-10-12/h4-7,9-10,13H,1,8,11H2,2-3H3/t13-/m0/s1. The molecule has 1 aromatic carbocycles. The van der Waals surface area contributed by atoms with Crippen molar-refractivity contribution in [3.63, 3.8) is 0 Å². The normalized spacial score (nSPS) is 12.8. The van der Waals surface area contributed by atoms with E-state index in [4.69, 9.17) is 0 Å². The maximum atomic E-state index is 3.80. The van der Waals surface area contributed by atoms with Crippen molar-refractivity contribution >= 4 is 0 Å². The van der Waals surface area contributed by atoms with Crippen molar-refractivity contribution in [1.82, 2.24) is 4.90 Å².